The number of imide groups is 1. The summed E-state index contributed by atoms with van der Waals surface area (Å²) in [6.45, 7) is 6.17. The van der Waals surface area contributed by atoms with Gasteiger partial charge in [0.1, 0.15) is 5.54 Å². The molecule has 3 aliphatic rings. The Morgan fingerprint density at radius 1 is 1.09 bits per heavy atom. The topological polar surface area (TPSA) is 93.8 Å². The normalized spacial score (nSPS) is 25.1. The van der Waals surface area contributed by atoms with Crippen molar-refractivity contribution in [3.63, 3.8) is 0 Å². The van der Waals surface area contributed by atoms with E-state index in [0.29, 0.717) is 55.0 Å². The van der Waals surface area contributed by atoms with Crippen molar-refractivity contribution in [3.05, 3.63) is 28.2 Å². The van der Waals surface area contributed by atoms with Gasteiger partial charge in [-0.05, 0) is 62.9 Å². The van der Waals surface area contributed by atoms with Crippen LogP contribution in [0.15, 0.2) is 18.2 Å². The van der Waals surface area contributed by atoms with E-state index in [0.717, 1.165) is 31.6 Å². The number of hydrogen-bond donors (Lipinski definition) is 3. The second-order valence-electron chi connectivity index (χ2n) is 9.43. The van der Waals surface area contributed by atoms with Gasteiger partial charge in [0.2, 0.25) is 5.91 Å². The molecule has 0 radical (unpaired) electrons. The van der Waals surface area contributed by atoms with Crippen LogP contribution in [0.25, 0.3) is 0 Å². The van der Waals surface area contributed by atoms with Crippen LogP contribution in [-0.2, 0) is 9.59 Å². The molecule has 3 saturated heterocycles. The highest BCUT2D eigenvalue weighted by Gasteiger charge is 2.49. The quantitative estimate of drug-likeness (QED) is 0.527. The van der Waals surface area contributed by atoms with Crippen molar-refractivity contribution in [1.29, 1.82) is 0 Å². The number of urea groups is 1. The summed E-state index contributed by atoms with van der Waals surface area (Å²) in [5.74, 6) is -0.348. The monoisotopic (exact) mass is 495 g/mol. The number of rotatable bonds is 6. The summed E-state index contributed by atoms with van der Waals surface area (Å²) in [5, 5.41) is 9.76. The van der Waals surface area contributed by atoms with Crippen molar-refractivity contribution >= 4 is 46.7 Å². The summed E-state index contributed by atoms with van der Waals surface area (Å²) >= 11 is 12.3. The van der Waals surface area contributed by atoms with Crippen LogP contribution in [0.2, 0.25) is 10.0 Å². The molecule has 3 N–H and O–H groups in total. The number of hydrogen-bond acceptors (Lipinski definition) is 5. The number of benzene rings is 1. The van der Waals surface area contributed by atoms with E-state index < -0.39 is 11.6 Å². The van der Waals surface area contributed by atoms with Crippen molar-refractivity contribution in [2.45, 2.75) is 38.1 Å². The molecule has 1 aromatic rings. The van der Waals surface area contributed by atoms with E-state index in [9.17, 15) is 14.4 Å². The van der Waals surface area contributed by atoms with Crippen molar-refractivity contribution in [2.24, 2.45) is 11.8 Å². The predicted octanol–water partition coefficient (Wildman–Crippen LogP) is 2.64. The SMILES string of the molecule is CC(CC1(CC2CCNCC2)NC(=O)NC1=O)C(=O)N1CCN(c2cc(Cl)cc(Cl)c2)CC1. The minimum Gasteiger partial charge on any atom is -0.368 e. The molecule has 3 aliphatic heterocycles. The molecule has 4 amide bonds. The predicted molar refractivity (Wildman–Crippen MR) is 129 cm³/mol. The molecule has 8 nitrogen and oxygen atoms in total. The number of piperidine rings is 1. The number of nitrogens with one attached hydrogen (secondary N) is 3. The second-order valence-corrected chi connectivity index (χ2v) is 10.3. The van der Waals surface area contributed by atoms with E-state index in [1.807, 2.05) is 24.0 Å². The third kappa shape index (κ3) is 5.55. The lowest BCUT2D eigenvalue weighted by molar-refractivity contribution is -0.137. The smallest absolute Gasteiger partial charge is 0.322 e. The molecular formula is C23H31Cl2N5O3. The van der Waals surface area contributed by atoms with Crippen molar-refractivity contribution in [1.82, 2.24) is 20.9 Å². The number of piperazine rings is 1. The Labute approximate surface area is 204 Å². The molecular weight excluding hydrogens is 465 g/mol. The molecule has 10 heteroatoms. The fraction of sp³-hybridized carbons (Fsp3) is 0.609. The Morgan fingerprint density at radius 2 is 1.73 bits per heavy atom. The zero-order valence-electron chi connectivity index (χ0n) is 18.8. The molecule has 0 saturated carbocycles. The van der Waals surface area contributed by atoms with E-state index in [-0.39, 0.29) is 17.7 Å². The van der Waals surface area contributed by atoms with Crippen LogP contribution >= 0.6 is 23.2 Å². The number of nitrogens with zero attached hydrogens (tertiary/aromatic N) is 2. The van der Waals surface area contributed by atoms with E-state index in [1.165, 1.54) is 0 Å². The Morgan fingerprint density at radius 3 is 2.30 bits per heavy atom. The fourth-order valence-corrected chi connectivity index (χ4v) is 5.82. The fourth-order valence-electron chi connectivity index (χ4n) is 5.31. The summed E-state index contributed by atoms with van der Waals surface area (Å²) in [7, 11) is 0. The molecule has 0 spiro atoms. The number of carbonyl (C=O) groups is 3. The first-order valence-corrected chi connectivity index (χ1v) is 12.4. The third-order valence-electron chi connectivity index (χ3n) is 6.99. The molecule has 0 bridgehead atoms. The second kappa shape index (κ2) is 10.1. The van der Waals surface area contributed by atoms with Gasteiger partial charge < -0.3 is 20.4 Å². The van der Waals surface area contributed by atoms with Crippen LogP contribution < -0.4 is 20.9 Å². The highest BCUT2D eigenvalue weighted by atomic mass is 35.5. The summed E-state index contributed by atoms with van der Waals surface area (Å²) in [5.41, 5.74) is -0.0769. The van der Waals surface area contributed by atoms with Crippen LogP contribution in [0.3, 0.4) is 0 Å². The van der Waals surface area contributed by atoms with Gasteiger partial charge in [-0.1, -0.05) is 30.1 Å². The van der Waals surface area contributed by atoms with Crippen LogP contribution in [0, 0.1) is 11.8 Å². The lowest BCUT2D eigenvalue weighted by atomic mass is 9.77. The van der Waals surface area contributed by atoms with Crippen LogP contribution in [0.5, 0.6) is 0 Å². The number of halogens is 2. The lowest BCUT2D eigenvalue weighted by Crippen LogP contribution is -2.54. The highest BCUT2D eigenvalue weighted by molar-refractivity contribution is 6.35. The Bertz CT molecular complexity index is 895. The summed E-state index contributed by atoms with van der Waals surface area (Å²) in [6, 6.07) is 4.98. The number of anilines is 1. The first-order chi connectivity index (χ1) is 15.8. The lowest BCUT2D eigenvalue weighted by Gasteiger charge is -2.39. The van der Waals surface area contributed by atoms with Gasteiger partial charge in [-0.15, -0.1) is 0 Å². The molecule has 2 atom stereocenters. The van der Waals surface area contributed by atoms with Crippen molar-refractivity contribution in [2.75, 3.05) is 44.2 Å². The largest absolute Gasteiger partial charge is 0.368 e. The zero-order chi connectivity index (χ0) is 23.6. The summed E-state index contributed by atoms with van der Waals surface area (Å²) in [4.78, 5) is 42.1. The van der Waals surface area contributed by atoms with Gasteiger partial charge in [-0.2, -0.15) is 0 Å². The maximum Gasteiger partial charge on any atom is 0.322 e. The van der Waals surface area contributed by atoms with Gasteiger partial charge >= 0.3 is 6.03 Å². The summed E-state index contributed by atoms with van der Waals surface area (Å²) in [6.07, 6.45) is 2.79. The number of carbonyl (C=O) groups excluding carboxylic acids is 3. The Balaban J connectivity index is 1.38. The molecule has 0 aromatic heterocycles. The van der Waals surface area contributed by atoms with Crippen LogP contribution in [-0.4, -0.2) is 67.6 Å². The maximum atomic E-state index is 13.3. The van der Waals surface area contributed by atoms with Gasteiger partial charge in [0.05, 0.1) is 0 Å². The minimum atomic E-state index is -1.02. The van der Waals surface area contributed by atoms with Crippen LogP contribution in [0.4, 0.5) is 10.5 Å². The van der Waals surface area contributed by atoms with E-state index in [4.69, 9.17) is 23.2 Å². The van der Waals surface area contributed by atoms with Gasteiger partial charge in [-0.25, -0.2) is 4.79 Å². The number of amides is 4. The van der Waals surface area contributed by atoms with Crippen LogP contribution in [0.1, 0.15) is 32.6 Å². The Kier molecular flexibility index (Phi) is 7.36. The average molecular weight is 496 g/mol. The standard InChI is InChI=1S/C23H31Cl2N5O3/c1-15(13-23(21(32)27-22(33)28-23)14-16-2-4-26-5-3-16)20(31)30-8-6-29(7-9-30)19-11-17(24)10-18(25)12-19/h10-12,15-16,26H,2-9,13-14H2,1H3,(H2,27,28,32,33). The average Bonchev–Trinajstić information content (AvgIpc) is 3.05. The van der Waals surface area contributed by atoms with Crippen molar-refractivity contribution < 1.29 is 14.4 Å². The molecule has 180 valence electrons. The molecule has 33 heavy (non-hydrogen) atoms. The molecule has 4 rings (SSSR count). The minimum absolute atomic E-state index is 0.0115. The van der Waals surface area contributed by atoms with Gasteiger partial charge in [0.15, 0.2) is 0 Å². The van der Waals surface area contributed by atoms with Gasteiger partial charge in [0.25, 0.3) is 5.91 Å². The first-order valence-electron chi connectivity index (χ1n) is 11.6. The van der Waals surface area contributed by atoms with E-state index >= 15 is 0 Å². The zero-order valence-corrected chi connectivity index (χ0v) is 20.3. The Hall–Kier alpha value is -2.03. The summed E-state index contributed by atoms with van der Waals surface area (Å²) < 4.78 is 0. The molecule has 2 unspecified atom stereocenters. The van der Waals surface area contributed by atoms with E-state index in [1.54, 1.807) is 6.07 Å². The van der Waals surface area contributed by atoms with E-state index in [2.05, 4.69) is 20.9 Å². The highest BCUT2D eigenvalue weighted by Crippen LogP contribution is 2.33. The molecule has 3 heterocycles. The van der Waals surface area contributed by atoms with Gasteiger partial charge in [0, 0.05) is 47.8 Å². The maximum absolute atomic E-state index is 13.3. The molecule has 3 fully saturated rings. The van der Waals surface area contributed by atoms with Crippen molar-refractivity contribution in [3.8, 4) is 0 Å². The first kappa shape index (κ1) is 24.1. The molecule has 0 aliphatic carbocycles. The molecule has 1 aromatic carbocycles. The van der Waals surface area contributed by atoms with Gasteiger partial charge in [-0.3, -0.25) is 14.9 Å². The third-order valence-corrected chi connectivity index (χ3v) is 7.43.